The van der Waals surface area contributed by atoms with Crippen LogP contribution in [0.25, 0.3) is 0 Å². The Kier molecular flexibility index (Phi) is 8.83. The van der Waals surface area contributed by atoms with Crippen molar-refractivity contribution in [3.63, 3.8) is 0 Å². The maximum Gasteiger partial charge on any atom is 0.0898 e. The van der Waals surface area contributed by atoms with Gasteiger partial charge in [0.2, 0.25) is 0 Å². The molecule has 0 heterocycles. The summed E-state index contributed by atoms with van der Waals surface area (Å²) in [5, 5.41) is 13.3. The Balaban J connectivity index is 3.81. The highest BCUT2D eigenvalue weighted by molar-refractivity contribution is 4.80. The average Bonchev–Trinajstić information content (AvgIpc) is 2.32. The molecule has 0 fully saturated rings. The second-order valence-electron chi connectivity index (χ2n) is 6.08. The lowest BCUT2D eigenvalue weighted by Crippen LogP contribution is -2.46. The summed E-state index contributed by atoms with van der Waals surface area (Å²) in [6.45, 7) is 14.0. The summed E-state index contributed by atoms with van der Waals surface area (Å²) < 4.78 is 5.66. The number of nitrogens with one attached hydrogen (secondary N) is 1. The van der Waals surface area contributed by atoms with Gasteiger partial charge in [-0.05, 0) is 39.0 Å². The van der Waals surface area contributed by atoms with Gasteiger partial charge >= 0.3 is 0 Å². The largest absolute Gasteiger partial charge is 0.389 e. The van der Waals surface area contributed by atoms with Gasteiger partial charge in [-0.15, -0.1) is 0 Å². The van der Waals surface area contributed by atoms with Gasteiger partial charge in [-0.2, -0.15) is 0 Å². The predicted molar refractivity (Wildman–Crippen MR) is 77.9 cm³/mol. The van der Waals surface area contributed by atoms with Crippen LogP contribution in [0.4, 0.5) is 0 Å². The Hall–Kier alpha value is -0.120. The molecule has 0 aliphatic heterocycles. The number of ether oxygens (including phenoxy) is 1. The lowest BCUT2D eigenvalue weighted by atomic mass is 9.95. The molecular formula is C15H33NO2. The highest BCUT2D eigenvalue weighted by Crippen LogP contribution is 2.13. The van der Waals surface area contributed by atoms with E-state index in [4.69, 9.17) is 4.74 Å². The van der Waals surface area contributed by atoms with Crippen molar-refractivity contribution in [2.45, 2.75) is 78.6 Å². The lowest BCUT2D eigenvalue weighted by molar-refractivity contribution is -0.0108. The molecule has 0 aliphatic rings. The fourth-order valence-electron chi connectivity index (χ4n) is 1.93. The predicted octanol–water partition coefficient (Wildman–Crippen LogP) is 2.97. The Bertz CT molecular complexity index is 203. The van der Waals surface area contributed by atoms with Crippen LogP contribution in [0.3, 0.4) is 0 Å². The zero-order valence-electron chi connectivity index (χ0n) is 13.1. The van der Waals surface area contributed by atoms with Crippen molar-refractivity contribution in [3.8, 4) is 0 Å². The van der Waals surface area contributed by atoms with Crippen LogP contribution in [0.5, 0.6) is 0 Å². The monoisotopic (exact) mass is 259 g/mol. The summed E-state index contributed by atoms with van der Waals surface area (Å²) in [7, 11) is 0. The van der Waals surface area contributed by atoms with Crippen molar-refractivity contribution in [2.75, 3.05) is 13.2 Å². The summed E-state index contributed by atoms with van der Waals surface area (Å²) in [6.07, 6.45) is 2.99. The minimum atomic E-state index is -0.419. The maximum atomic E-state index is 9.90. The van der Waals surface area contributed by atoms with Gasteiger partial charge in [0, 0.05) is 12.1 Å². The summed E-state index contributed by atoms with van der Waals surface area (Å²) >= 11 is 0. The third kappa shape index (κ3) is 8.06. The molecule has 18 heavy (non-hydrogen) atoms. The zero-order valence-corrected chi connectivity index (χ0v) is 13.1. The van der Waals surface area contributed by atoms with Crippen molar-refractivity contribution < 1.29 is 9.84 Å². The Morgan fingerprint density at radius 2 is 1.72 bits per heavy atom. The number of β-amino-alcohol motifs (C(OH)–C–C–N with tert-alkyl or cyclic N) is 1. The fourth-order valence-corrected chi connectivity index (χ4v) is 1.93. The van der Waals surface area contributed by atoms with E-state index in [1.807, 2.05) is 0 Å². The molecule has 3 heteroatoms. The molecule has 0 radical (unpaired) electrons. The number of rotatable bonds is 10. The average molecular weight is 259 g/mol. The SMILES string of the molecule is CCC(C)(CC)NCC(O)COC(C)CC(C)C. The van der Waals surface area contributed by atoms with E-state index in [9.17, 15) is 5.11 Å². The molecule has 0 aromatic rings. The standard InChI is InChI=1S/C15H33NO2/c1-7-15(6,8-2)16-10-14(17)11-18-13(5)9-12(3)4/h12-14,16-17H,7-11H2,1-6H3. The molecule has 2 N–H and O–H groups in total. The Morgan fingerprint density at radius 3 is 2.17 bits per heavy atom. The molecule has 2 unspecified atom stereocenters. The minimum Gasteiger partial charge on any atom is -0.389 e. The van der Waals surface area contributed by atoms with Crippen LogP contribution in [0.1, 0.15) is 60.8 Å². The first-order valence-corrected chi connectivity index (χ1v) is 7.37. The van der Waals surface area contributed by atoms with Gasteiger partial charge in [0.25, 0.3) is 0 Å². The van der Waals surface area contributed by atoms with Crippen LogP contribution >= 0.6 is 0 Å². The number of aliphatic hydroxyl groups excluding tert-OH is 1. The highest BCUT2D eigenvalue weighted by atomic mass is 16.5. The van der Waals surface area contributed by atoms with E-state index in [1.54, 1.807) is 0 Å². The van der Waals surface area contributed by atoms with Crippen LogP contribution in [0, 0.1) is 5.92 Å². The molecule has 0 saturated heterocycles. The van der Waals surface area contributed by atoms with E-state index >= 15 is 0 Å². The van der Waals surface area contributed by atoms with Crippen molar-refractivity contribution in [1.82, 2.24) is 5.32 Å². The van der Waals surface area contributed by atoms with Crippen molar-refractivity contribution in [3.05, 3.63) is 0 Å². The molecule has 0 saturated carbocycles. The molecule has 110 valence electrons. The van der Waals surface area contributed by atoms with Crippen LogP contribution in [-0.2, 0) is 4.74 Å². The minimum absolute atomic E-state index is 0.129. The van der Waals surface area contributed by atoms with Crippen LogP contribution in [0.15, 0.2) is 0 Å². The van der Waals surface area contributed by atoms with E-state index in [2.05, 4.69) is 46.9 Å². The quantitative estimate of drug-likeness (QED) is 0.634. The second-order valence-corrected chi connectivity index (χ2v) is 6.08. The third-order valence-corrected chi connectivity index (χ3v) is 3.70. The van der Waals surface area contributed by atoms with Crippen LogP contribution < -0.4 is 5.32 Å². The molecule has 0 aliphatic carbocycles. The molecular weight excluding hydrogens is 226 g/mol. The summed E-state index contributed by atoms with van der Waals surface area (Å²) in [5.74, 6) is 0.638. The van der Waals surface area contributed by atoms with Gasteiger partial charge in [0.1, 0.15) is 0 Å². The molecule has 0 amide bonds. The number of aliphatic hydroxyl groups is 1. The van der Waals surface area contributed by atoms with E-state index in [-0.39, 0.29) is 11.6 Å². The lowest BCUT2D eigenvalue weighted by Gasteiger charge is -2.30. The van der Waals surface area contributed by atoms with Crippen molar-refractivity contribution in [2.24, 2.45) is 5.92 Å². The van der Waals surface area contributed by atoms with Gasteiger partial charge in [0.05, 0.1) is 18.8 Å². The first-order chi connectivity index (χ1) is 8.33. The summed E-state index contributed by atoms with van der Waals surface area (Å²) in [6, 6.07) is 0. The summed E-state index contributed by atoms with van der Waals surface area (Å²) in [5.41, 5.74) is 0.129. The van der Waals surface area contributed by atoms with Crippen molar-refractivity contribution in [1.29, 1.82) is 0 Å². The van der Waals surface area contributed by atoms with Crippen molar-refractivity contribution >= 4 is 0 Å². The molecule has 2 atom stereocenters. The Labute approximate surface area is 113 Å². The molecule has 0 rings (SSSR count). The first kappa shape index (κ1) is 17.9. The van der Waals surface area contributed by atoms with Gasteiger partial charge in [-0.3, -0.25) is 0 Å². The summed E-state index contributed by atoms with van der Waals surface area (Å²) in [4.78, 5) is 0. The van der Waals surface area contributed by atoms with Gasteiger partial charge in [0.15, 0.2) is 0 Å². The van der Waals surface area contributed by atoms with E-state index in [0.29, 0.717) is 19.1 Å². The van der Waals surface area contributed by atoms with E-state index in [1.165, 1.54) is 0 Å². The number of hydrogen-bond acceptors (Lipinski definition) is 3. The normalized spacial score (nSPS) is 16.0. The molecule has 0 spiro atoms. The third-order valence-electron chi connectivity index (χ3n) is 3.70. The Morgan fingerprint density at radius 1 is 1.17 bits per heavy atom. The van der Waals surface area contributed by atoms with Gasteiger partial charge in [-0.25, -0.2) is 0 Å². The first-order valence-electron chi connectivity index (χ1n) is 7.37. The highest BCUT2D eigenvalue weighted by Gasteiger charge is 2.20. The van der Waals surface area contributed by atoms with Crippen LogP contribution in [0.2, 0.25) is 0 Å². The van der Waals surface area contributed by atoms with E-state index < -0.39 is 6.10 Å². The van der Waals surface area contributed by atoms with E-state index in [0.717, 1.165) is 19.3 Å². The zero-order chi connectivity index (χ0) is 14.2. The molecule has 0 aromatic carbocycles. The van der Waals surface area contributed by atoms with Gasteiger partial charge in [-0.1, -0.05) is 27.7 Å². The smallest absolute Gasteiger partial charge is 0.0898 e. The van der Waals surface area contributed by atoms with Gasteiger partial charge < -0.3 is 15.2 Å². The van der Waals surface area contributed by atoms with Crippen LogP contribution in [-0.4, -0.2) is 36.0 Å². The molecule has 0 bridgehead atoms. The fraction of sp³-hybridized carbons (Fsp3) is 1.00. The number of hydrogen-bond donors (Lipinski definition) is 2. The second kappa shape index (κ2) is 8.89. The maximum absolute atomic E-state index is 9.90. The molecule has 0 aromatic heterocycles. The topological polar surface area (TPSA) is 41.5 Å². The molecule has 3 nitrogen and oxygen atoms in total.